The van der Waals surface area contributed by atoms with Crippen LogP contribution in [-0.4, -0.2) is 41.2 Å². The van der Waals surface area contributed by atoms with E-state index in [1.807, 2.05) is 0 Å². The Hall–Kier alpha value is -1.90. The van der Waals surface area contributed by atoms with Gasteiger partial charge in [-0.05, 0) is 12.1 Å². The third kappa shape index (κ3) is 5.84. The molecule has 0 aliphatic carbocycles. The number of carbonyl (C=O) groups is 2. The lowest BCUT2D eigenvalue weighted by atomic mass is 10.2. The summed E-state index contributed by atoms with van der Waals surface area (Å²) in [7, 11) is -1.40. The summed E-state index contributed by atoms with van der Waals surface area (Å²) in [5.74, 6) is -1.70. The van der Waals surface area contributed by atoms with Crippen LogP contribution in [0.4, 0.5) is 13.2 Å². The van der Waals surface area contributed by atoms with Crippen molar-refractivity contribution in [2.75, 3.05) is 18.9 Å². The predicted molar refractivity (Wildman–Crippen MR) is 72.7 cm³/mol. The third-order valence-electron chi connectivity index (χ3n) is 2.43. The fourth-order valence-electron chi connectivity index (χ4n) is 1.45. The fraction of sp³-hybridized carbons (Fsp3) is 0.385. The van der Waals surface area contributed by atoms with Crippen LogP contribution in [0.2, 0.25) is 0 Å². The molecule has 0 heterocycles. The van der Waals surface area contributed by atoms with Gasteiger partial charge in [-0.3, -0.25) is 9.00 Å². The fourth-order valence-corrected chi connectivity index (χ4v) is 2.39. The summed E-state index contributed by atoms with van der Waals surface area (Å²) in [5, 5.41) is 1.58. The minimum Gasteiger partial charge on any atom is -0.452 e. The molecule has 1 N–H and O–H groups in total. The van der Waals surface area contributed by atoms with Crippen molar-refractivity contribution in [3.05, 3.63) is 29.8 Å². The van der Waals surface area contributed by atoms with Crippen LogP contribution in [0.5, 0.6) is 0 Å². The van der Waals surface area contributed by atoms with E-state index >= 15 is 0 Å². The van der Waals surface area contributed by atoms with Gasteiger partial charge in [-0.15, -0.1) is 0 Å². The Balaban J connectivity index is 2.63. The topological polar surface area (TPSA) is 72.5 Å². The number of benzene rings is 1. The van der Waals surface area contributed by atoms with E-state index in [-0.39, 0.29) is 16.2 Å². The first-order chi connectivity index (χ1) is 10.2. The number of carbonyl (C=O) groups excluding carboxylic acids is 2. The standard InChI is InChI=1S/C13H14F3NO4S/c1-2-22(20)10-6-4-3-5-9(10)12(19)21-7-11(18)17-8-13(14,15)16/h3-6H,2,7-8H2,1H3,(H,17,18)/t22-/m0/s1. The summed E-state index contributed by atoms with van der Waals surface area (Å²) < 4.78 is 52.1. The molecule has 1 aromatic rings. The molecule has 122 valence electrons. The van der Waals surface area contributed by atoms with Gasteiger partial charge in [0.15, 0.2) is 6.61 Å². The first-order valence-corrected chi connectivity index (χ1v) is 7.54. The molecule has 0 fully saturated rings. The maximum atomic E-state index is 11.9. The van der Waals surface area contributed by atoms with Crippen molar-refractivity contribution in [2.45, 2.75) is 18.0 Å². The van der Waals surface area contributed by atoms with E-state index in [9.17, 15) is 27.0 Å². The van der Waals surface area contributed by atoms with Crippen LogP contribution in [0, 0.1) is 0 Å². The molecule has 0 spiro atoms. The SMILES string of the molecule is CC[S@](=O)c1ccccc1C(=O)OCC(=O)NCC(F)(F)F. The maximum absolute atomic E-state index is 11.9. The smallest absolute Gasteiger partial charge is 0.405 e. The lowest BCUT2D eigenvalue weighted by molar-refractivity contribution is -0.140. The van der Waals surface area contributed by atoms with E-state index in [1.165, 1.54) is 18.2 Å². The van der Waals surface area contributed by atoms with E-state index in [1.54, 1.807) is 18.3 Å². The van der Waals surface area contributed by atoms with Crippen LogP contribution < -0.4 is 5.32 Å². The van der Waals surface area contributed by atoms with E-state index in [4.69, 9.17) is 0 Å². The van der Waals surface area contributed by atoms with Crippen molar-refractivity contribution in [1.82, 2.24) is 5.32 Å². The van der Waals surface area contributed by atoms with Gasteiger partial charge in [0.1, 0.15) is 6.54 Å². The summed E-state index contributed by atoms with van der Waals surface area (Å²) in [5.41, 5.74) is 0.0197. The first kappa shape index (κ1) is 18.1. The number of halogens is 3. The van der Waals surface area contributed by atoms with Gasteiger partial charge in [0.2, 0.25) is 0 Å². The summed E-state index contributed by atoms with van der Waals surface area (Å²) >= 11 is 0. The van der Waals surface area contributed by atoms with Crippen LogP contribution in [0.3, 0.4) is 0 Å². The number of esters is 1. The molecule has 0 aromatic heterocycles. The van der Waals surface area contributed by atoms with Gasteiger partial charge < -0.3 is 10.1 Å². The molecule has 1 amide bonds. The molecule has 1 aromatic carbocycles. The van der Waals surface area contributed by atoms with Crippen molar-refractivity contribution < 1.29 is 31.7 Å². The summed E-state index contributed by atoms with van der Waals surface area (Å²) in [6.07, 6.45) is -4.54. The summed E-state index contributed by atoms with van der Waals surface area (Å²) in [6, 6.07) is 5.98. The van der Waals surface area contributed by atoms with Crippen molar-refractivity contribution >= 4 is 22.7 Å². The number of alkyl halides is 3. The Bertz CT molecular complexity index is 575. The van der Waals surface area contributed by atoms with Gasteiger partial charge in [-0.2, -0.15) is 13.2 Å². The zero-order valence-electron chi connectivity index (χ0n) is 11.6. The first-order valence-electron chi connectivity index (χ1n) is 6.22. The predicted octanol–water partition coefficient (Wildman–Crippen LogP) is 1.65. The minimum atomic E-state index is -4.54. The second-order valence-corrected chi connectivity index (χ2v) is 5.81. The highest BCUT2D eigenvalue weighted by molar-refractivity contribution is 7.85. The Morgan fingerprint density at radius 2 is 1.91 bits per heavy atom. The largest absolute Gasteiger partial charge is 0.452 e. The number of rotatable bonds is 6. The quantitative estimate of drug-likeness (QED) is 0.801. The Kier molecular flexibility index (Phi) is 6.54. The van der Waals surface area contributed by atoms with Gasteiger partial charge >= 0.3 is 12.1 Å². The molecule has 0 unspecified atom stereocenters. The molecule has 0 aliphatic heterocycles. The molecule has 22 heavy (non-hydrogen) atoms. The maximum Gasteiger partial charge on any atom is 0.405 e. The highest BCUT2D eigenvalue weighted by Crippen LogP contribution is 2.15. The zero-order valence-corrected chi connectivity index (χ0v) is 12.4. The minimum absolute atomic E-state index is 0.0197. The molecule has 0 saturated heterocycles. The average molecular weight is 337 g/mol. The normalized spacial score (nSPS) is 12.5. The number of nitrogens with one attached hydrogen (secondary N) is 1. The van der Waals surface area contributed by atoms with Crippen LogP contribution >= 0.6 is 0 Å². The van der Waals surface area contributed by atoms with Crippen LogP contribution in [0.25, 0.3) is 0 Å². The van der Waals surface area contributed by atoms with Crippen LogP contribution in [0.1, 0.15) is 17.3 Å². The molecule has 1 atom stereocenters. The highest BCUT2D eigenvalue weighted by Gasteiger charge is 2.28. The van der Waals surface area contributed by atoms with Crippen molar-refractivity contribution in [3.63, 3.8) is 0 Å². The molecule has 5 nitrogen and oxygen atoms in total. The van der Waals surface area contributed by atoms with E-state index in [0.29, 0.717) is 0 Å². The van der Waals surface area contributed by atoms with Crippen molar-refractivity contribution in [3.8, 4) is 0 Å². The molecular formula is C13H14F3NO4S. The van der Waals surface area contributed by atoms with Gasteiger partial charge in [-0.1, -0.05) is 19.1 Å². The molecule has 0 bridgehead atoms. The van der Waals surface area contributed by atoms with E-state index < -0.39 is 42.0 Å². The second kappa shape index (κ2) is 7.92. The number of hydrogen-bond acceptors (Lipinski definition) is 4. The lowest BCUT2D eigenvalue weighted by Gasteiger charge is -2.10. The van der Waals surface area contributed by atoms with Gasteiger partial charge in [0, 0.05) is 5.75 Å². The van der Waals surface area contributed by atoms with Gasteiger partial charge in [-0.25, -0.2) is 4.79 Å². The number of ether oxygens (including phenoxy) is 1. The molecule has 9 heteroatoms. The second-order valence-electron chi connectivity index (χ2n) is 4.10. The molecule has 0 saturated carbocycles. The molecule has 1 rings (SSSR count). The summed E-state index contributed by atoms with van der Waals surface area (Å²) in [4.78, 5) is 23.2. The Morgan fingerprint density at radius 3 is 2.50 bits per heavy atom. The number of amides is 1. The Labute approximate surface area is 127 Å². The summed E-state index contributed by atoms with van der Waals surface area (Å²) in [6.45, 7) is -0.676. The van der Waals surface area contributed by atoms with Crippen LogP contribution in [-0.2, 0) is 20.3 Å². The molecular weight excluding hydrogens is 323 g/mol. The molecule has 0 radical (unpaired) electrons. The van der Waals surface area contributed by atoms with E-state index in [2.05, 4.69) is 4.74 Å². The monoisotopic (exact) mass is 337 g/mol. The van der Waals surface area contributed by atoms with Gasteiger partial charge in [0.05, 0.1) is 21.3 Å². The third-order valence-corrected chi connectivity index (χ3v) is 3.81. The molecule has 0 aliphatic rings. The van der Waals surface area contributed by atoms with Crippen molar-refractivity contribution in [2.24, 2.45) is 0 Å². The van der Waals surface area contributed by atoms with Crippen LogP contribution in [0.15, 0.2) is 29.2 Å². The zero-order chi connectivity index (χ0) is 16.8. The Morgan fingerprint density at radius 1 is 1.27 bits per heavy atom. The average Bonchev–Trinajstić information content (AvgIpc) is 2.49. The number of hydrogen-bond donors (Lipinski definition) is 1. The van der Waals surface area contributed by atoms with Crippen molar-refractivity contribution in [1.29, 1.82) is 0 Å². The van der Waals surface area contributed by atoms with E-state index in [0.717, 1.165) is 0 Å². The highest BCUT2D eigenvalue weighted by atomic mass is 32.2. The van der Waals surface area contributed by atoms with Gasteiger partial charge in [0.25, 0.3) is 5.91 Å². The lowest BCUT2D eigenvalue weighted by Crippen LogP contribution is -2.36.